The Kier molecular flexibility index (Phi) is 5.93. The fourth-order valence-electron chi connectivity index (χ4n) is 2.64. The highest BCUT2D eigenvalue weighted by molar-refractivity contribution is 5.89. The molecule has 7 heteroatoms. The van der Waals surface area contributed by atoms with Gasteiger partial charge in [-0.25, -0.2) is 4.79 Å². The second-order valence-corrected chi connectivity index (χ2v) is 7.50. The summed E-state index contributed by atoms with van der Waals surface area (Å²) in [7, 11) is 0. The molecule has 0 atom stereocenters. The van der Waals surface area contributed by atoms with E-state index in [9.17, 15) is 4.79 Å². The monoisotopic (exact) mass is 378 g/mol. The highest BCUT2D eigenvalue weighted by atomic mass is 16.2. The maximum atomic E-state index is 12.0. The summed E-state index contributed by atoms with van der Waals surface area (Å²) in [6.45, 7) is 7.50. The van der Waals surface area contributed by atoms with Gasteiger partial charge in [0.15, 0.2) is 5.82 Å². The number of rotatable bonds is 6. The molecule has 0 saturated carbocycles. The summed E-state index contributed by atoms with van der Waals surface area (Å²) >= 11 is 0. The van der Waals surface area contributed by atoms with Crippen molar-refractivity contribution >= 4 is 17.5 Å². The lowest BCUT2D eigenvalue weighted by atomic mass is 9.87. The summed E-state index contributed by atoms with van der Waals surface area (Å²) < 4.78 is 1.89. The number of carbonyl (C=O) groups is 1. The molecule has 0 aliphatic heterocycles. The molecular formula is C21H26N6O. The molecule has 0 aliphatic carbocycles. The number of hydrogen-bond acceptors (Lipinski definition) is 4. The summed E-state index contributed by atoms with van der Waals surface area (Å²) in [4.78, 5) is 12.0. The van der Waals surface area contributed by atoms with Crippen molar-refractivity contribution in [3.8, 4) is 5.82 Å². The lowest BCUT2D eigenvalue weighted by Gasteiger charge is -2.19. The summed E-state index contributed by atoms with van der Waals surface area (Å²) in [5, 5.41) is 17.1. The van der Waals surface area contributed by atoms with Crippen molar-refractivity contribution in [2.24, 2.45) is 0 Å². The van der Waals surface area contributed by atoms with Gasteiger partial charge in [0.2, 0.25) is 0 Å². The zero-order valence-corrected chi connectivity index (χ0v) is 16.4. The van der Waals surface area contributed by atoms with E-state index in [0.717, 1.165) is 11.5 Å². The van der Waals surface area contributed by atoms with Gasteiger partial charge in [0.25, 0.3) is 0 Å². The van der Waals surface area contributed by atoms with Crippen LogP contribution in [0.2, 0.25) is 0 Å². The van der Waals surface area contributed by atoms with Crippen molar-refractivity contribution in [2.45, 2.75) is 26.2 Å². The van der Waals surface area contributed by atoms with Crippen molar-refractivity contribution < 1.29 is 4.79 Å². The average molecular weight is 378 g/mol. The highest BCUT2D eigenvalue weighted by Gasteiger charge is 2.13. The van der Waals surface area contributed by atoms with Crippen LogP contribution in [0.4, 0.5) is 16.3 Å². The first kappa shape index (κ1) is 19.4. The Bertz CT molecular complexity index is 880. The normalized spacial score (nSPS) is 11.1. The molecule has 0 aliphatic rings. The largest absolute Gasteiger partial charge is 0.367 e. The standard InChI is InChI=1S/C21H26N6O/c1-21(2,3)16-6-8-17(9-7-16)24-20(28)23-13-12-22-18-10-11-19(26-25-18)27-14-4-5-15-27/h4-11,14-15H,12-13H2,1-3H3,(H,22,25)(H2,23,24,28). The number of carbonyl (C=O) groups excluding carboxylic acids is 1. The molecule has 0 saturated heterocycles. The molecule has 7 nitrogen and oxygen atoms in total. The third-order valence-corrected chi connectivity index (χ3v) is 4.24. The number of aromatic nitrogens is 3. The lowest BCUT2D eigenvalue weighted by Crippen LogP contribution is -2.32. The molecule has 2 aromatic heterocycles. The molecule has 3 rings (SSSR count). The van der Waals surface area contributed by atoms with Gasteiger partial charge in [0.1, 0.15) is 5.82 Å². The first-order valence-electron chi connectivity index (χ1n) is 9.28. The van der Waals surface area contributed by atoms with E-state index in [2.05, 4.69) is 46.9 Å². The van der Waals surface area contributed by atoms with Crippen LogP contribution in [0, 0.1) is 0 Å². The van der Waals surface area contributed by atoms with E-state index in [4.69, 9.17) is 0 Å². The number of urea groups is 1. The third kappa shape index (κ3) is 5.33. The van der Waals surface area contributed by atoms with Crippen LogP contribution in [-0.2, 0) is 5.41 Å². The molecule has 0 fully saturated rings. The Hall–Kier alpha value is -3.35. The van der Waals surface area contributed by atoms with E-state index in [1.54, 1.807) is 0 Å². The molecule has 146 valence electrons. The number of nitrogens with zero attached hydrogens (tertiary/aromatic N) is 3. The topological polar surface area (TPSA) is 83.9 Å². The highest BCUT2D eigenvalue weighted by Crippen LogP contribution is 2.23. The summed E-state index contributed by atoms with van der Waals surface area (Å²) in [6, 6.07) is 15.3. The number of nitrogens with one attached hydrogen (secondary N) is 3. The molecule has 3 aromatic rings. The van der Waals surface area contributed by atoms with E-state index < -0.39 is 0 Å². The SMILES string of the molecule is CC(C)(C)c1ccc(NC(=O)NCCNc2ccc(-n3cccc3)nn2)cc1. The van der Waals surface area contributed by atoms with Crippen molar-refractivity contribution in [1.82, 2.24) is 20.1 Å². The second-order valence-electron chi connectivity index (χ2n) is 7.50. The predicted octanol–water partition coefficient (Wildman–Crippen LogP) is 3.80. The minimum absolute atomic E-state index is 0.0927. The first-order valence-corrected chi connectivity index (χ1v) is 9.28. The van der Waals surface area contributed by atoms with E-state index in [-0.39, 0.29) is 11.4 Å². The maximum absolute atomic E-state index is 12.0. The number of amides is 2. The summed E-state index contributed by atoms with van der Waals surface area (Å²) in [6.07, 6.45) is 3.83. The average Bonchev–Trinajstić information content (AvgIpc) is 3.20. The van der Waals surface area contributed by atoms with E-state index in [1.165, 1.54) is 5.56 Å². The van der Waals surface area contributed by atoms with Gasteiger partial charge in [0, 0.05) is 31.2 Å². The summed E-state index contributed by atoms with van der Waals surface area (Å²) in [5.74, 6) is 1.42. The van der Waals surface area contributed by atoms with Gasteiger partial charge in [-0.3, -0.25) is 0 Å². The van der Waals surface area contributed by atoms with Crippen LogP contribution >= 0.6 is 0 Å². The van der Waals surface area contributed by atoms with E-state index in [1.807, 2.05) is 65.5 Å². The Labute approximate surface area is 165 Å². The zero-order chi connectivity index (χ0) is 20.0. The third-order valence-electron chi connectivity index (χ3n) is 4.24. The summed E-state index contributed by atoms with van der Waals surface area (Å²) in [5.41, 5.74) is 2.09. The second kappa shape index (κ2) is 8.56. The minimum Gasteiger partial charge on any atom is -0.367 e. The molecule has 2 heterocycles. The van der Waals surface area contributed by atoms with Crippen LogP contribution in [0.5, 0.6) is 0 Å². The van der Waals surface area contributed by atoms with Crippen LogP contribution in [0.1, 0.15) is 26.3 Å². The molecule has 28 heavy (non-hydrogen) atoms. The Morgan fingerprint density at radius 1 is 0.964 bits per heavy atom. The molecular weight excluding hydrogens is 352 g/mol. The Balaban J connectivity index is 1.39. The molecule has 3 N–H and O–H groups in total. The van der Waals surface area contributed by atoms with E-state index >= 15 is 0 Å². The van der Waals surface area contributed by atoms with Gasteiger partial charge in [-0.05, 0) is 47.4 Å². The molecule has 1 aromatic carbocycles. The van der Waals surface area contributed by atoms with Gasteiger partial charge in [-0.2, -0.15) is 0 Å². The van der Waals surface area contributed by atoms with Crippen molar-refractivity contribution in [3.05, 3.63) is 66.5 Å². The smallest absolute Gasteiger partial charge is 0.319 e. The number of benzene rings is 1. The van der Waals surface area contributed by atoms with Crippen LogP contribution < -0.4 is 16.0 Å². The van der Waals surface area contributed by atoms with Gasteiger partial charge < -0.3 is 20.5 Å². The van der Waals surface area contributed by atoms with Crippen LogP contribution in [0.15, 0.2) is 60.9 Å². The molecule has 0 unspecified atom stereocenters. The molecule has 0 bridgehead atoms. The number of hydrogen-bond donors (Lipinski definition) is 3. The van der Waals surface area contributed by atoms with Gasteiger partial charge in [-0.15, -0.1) is 10.2 Å². The van der Waals surface area contributed by atoms with Crippen molar-refractivity contribution in [2.75, 3.05) is 23.7 Å². The fraction of sp³-hybridized carbons (Fsp3) is 0.286. The fourth-order valence-corrected chi connectivity index (χ4v) is 2.64. The Morgan fingerprint density at radius 2 is 1.68 bits per heavy atom. The quantitative estimate of drug-likeness (QED) is 0.570. The van der Waals surface area contributed by atoms with Gasteiger partial charge in [-0.1, -0.05) is 32.9 Å². The lowest BCUT2D eigenvalue weighted by molar-refractivity contribution is 0.252. The molecule has 0 spiro atoms. The van der Waals surface area contributed by atoms with Crippen molar-refractivity contribution in [3.63, 3.8) is 0 Å². The number of anilines is 2. The maximum Gasteiger partial charge on any atom is 0.319 e. The van der Waals surface area contributed by atoms with Crippen LogP contribution in [0.25, 0.3) is 5.82 Å². The van der Waals surface area contributed by atoms with Crippen LogP contribution in [-0.4, -0.2) is 33.9 Å². The molecule has 2 amide bonds. The predicted molar refractivity (Wildman–Crippen MR) is 112 cm³/mol. The van der Waals surface area contributed by atoms with E-state index in [0.29, 0.717) is 18.9 Å². The van der Waals surface area contributed by atoms with Gasteiger partial charge in [0.05, 0.1) is 0 Å². The first-order chi connectivity index (χ1) is 13.4. The van der Waals surface area contributed by atoms with Crippen LogP contribution in [0.3, 0.4) is 0 Å². The molecule has 0 radical (unpaired) electrons. The van der Waals surface area contributed by atoms with Crippen molar-refractivity contribution in [1.29, 1.82) is 0 Å². The Morgan fingerprint density at radius 3 is 2.29 bits per heavy atom. The van der Waals surface area contributed by atoms with Gasteiger partial charge >= 0.3 is 6.03 Å². The zero-order valence-electron chi connectivity index (χ0n) is 16.4. The minimum atomic E-state index is -0.237.